The van der Waals surface area contributed by atoms with Crippen molar-refractivity contribution < 1.29 is 22.4 Å². The van der Waals surface area contributed by atoms with Crippen molar-refractivity contribution in [2.45, 2.75) is 43.9 Å². The fourth-order valence-corrected chi connectivity index (χ4v) is 5.22. The monoisotopic (exact) mass is 561 g/mol. The second-order valence-electron chi connectivity index (χ2n) is 10.5. The van der Waals surface area contributed by atoms with Crippen LogP contribution in [0, 0.1) is 0 Å². The summed E-state index contributed by atoms with van der Waals surface area (Å²) in [5.41, 5.74) is 9.20. The average Bonchev–Trinajstić information content (AvgIpc) is 3.65. The molecule has 3 aromatic carbocycles. The van der Waals surface area contributed by atoms with E-state index in [1.54, 1.807) is 32.3 Å². The fourth-order valence-electron chi connectivity index (χ4n) is 5.22. The van der Waals surface area contributed by atoms with Gasteiger partial charge in [0.2, 0.25) is 11.8 Å². The van der Waals surface area contributed by atoms with Crippen LogP contribution in [0.2, 0.25) is 0 Å². The highest BCUT2D eigenvalue weighted by molar-refractivity contribution is 5.99. The minimum absolute atomic E-state index is 0.0252. The Morgan fingerprint density at radius 1 is 1.07 bits per heavy atom. The van der Waals surface area contributed by atoms with Gasteiger partial charge in [-0.05, 0) is 61.1 Å². The Bertz CT molecular complexity index is 1560. The van der Waals surface area contributed by atoms with Crippen LogP contribution in [0.4, 0.5) is 13.2 Å². The predicted molar refractivity (Wildman–Crippen MR) is 150 cm³/mol. The zero-order valence-corrected chi connectivity index (χ0v) is 22.7. The summed E-state index contributed by atoms with van der Waals surface area (Å²) in [6, 6.07) is 20.1. The van der Waals surface area contributed by atoms with Crippen LogP contribution in [0.1, 0.15) is 47.1 Å². The van der Waals surface area contributed by atoms with E-state index < -0.39 is 23.7 Å². The molecule has 1 aliphatic rings. The first kappa shape index (κ1) is 28.2. The lowest BCUT2D eigenvalue weighted by molar-refractivity contribution is -0.169. The largest absolute Gasteiger partial charge is 0.419 e. The van der Waals surface area contributed by atoms with Gasteiger partial charge in [0.25, 0.3) is 5.91 Å². The third-order valence-corrected chi connectivity index (χ3v) is 7.19. The Balaban J connectivity index is 1.58. The number of carbonyl (C=O) groups is 1. The number of nitrogens with zero attached hydrogens (tertiary/aromatic N) is 4. The molecule has 1 aromatic heterocycles. The van der Waals surface area contributed by atoms with E-state index in [-0.39, 0.29) is 36.7 Å². The van der Waals surface area contributed by atoms with Crippen molar-refractivity contribution in [2.75, 3.05) is 13.6 Å². The van der Waals surface area contributed by atoms with Crippen molar-refractivity contribution in [1.82, 2.24) is 15.1 Å². The lowest BCUT2D eigenvalue weighted by Crippen LogP contribution is -2.44. The summed E-state index contributed by atoms with van der Waals surface area (Å²) < 4.78 is 47.2. The molecule has 1 saturated heterocycles. The van der Waals surface area contributed by atoms with E-state index in [1.807, 2.05) is 54.6 Å². The zero-order valence-electron chi connectivity index (χ0n) is 22.7. The van der Waals surface area contributed by atoms with Gasteiger partial charge in [-0.1, -0.05) is 54.6 Å². The molecule has 7 nitrogen and oxygen atoms in total. The minimum atomic E-state index is -4.51. The molecular weight excluding hydrogens is 531 g/mol. The Labute approximate surface area is 235 Å². The van der Waals surface area contributed by atoms with Crippen molar-refractivity contribution in [3.8, 4) is 22.6 Å². The maximum atomic E-state index is 13.7. The number of hydrogen-bond acceptors (Lipinski definition) is 6. The van der Waals surface area contributed by atoms with Gasteiger partial charge in [-0.2, -0.15) is 13.2 Å². The number of nitrogens with two attached hydrogens (primary N) is 1. The average molecular weight is 562 g/mol. The lowest BCUT2D eigenvalue weighted by atomic mass is 9.94. The number of alkyl halides is 3. The number of aliphatic imine (C=N–C) groups is 1. The van der Waals surface area contributed by atoms with Crippen molar-refractivity contribution >= 4 is 12.1 Å². The van der Waals surface area contributed by atoms with Gasteiger partial charge in [0.1, 0.15) is 6.04 Å². The molecule has 41 heavy (non-hydrogen) atoms. The van der Waals surface area contributed by atoms with Crippen LogP contribution in [-0.2, 0) is 12.0 Å². The van der Waals surface area contributed by atoms with Crippen LogP contribution in [0.15, 0.2) is 82.2 Å². The number of likely N-dealkylation sites (tertiary alicyclic amines) is 1. The molecular formula is C31H30F3N5O2. The van der Waals surface area contributed by atoms with Crippen LogP contribution in [-0.4, -0.2) is 53.0 Å². The number of carbonyl (C=O) groups excluding carboxylic acids is 1. The third-order valence-electron chi connectivity index (χ3n) is 7.19. The Kier molecular flexibility index (Phi) is 7.77. The highest BCUT2D eigenvalue weighted by Crippen LogP contribution is 2.36. The Morgan fingerprint density at radius 3 is 2.51 bits per heavy atom. The maximum Gasteiger partial charge on any atom is 0.408 e. The number of aromatic nitrogens is 2. The Morgan fingerprint density at radius 2 is 1.78 bits per heavy atom. The molecule has 2 N–H and O–H groups in total. The van der Waals surface area contributed by atoms with Crippen molar-refractivity contribution in [1.29, 1.82) is 0 Å². The summed E-state index contributed by atoms with van der Waals surface area (Å²) in [4.78, 5) is 18.6. The smallest absolute Gasteiger partial charge is 0.408 e. The molecule has 0 bridgehead atoms. The van der Waals surface area contributed by atoms with E-state index in [9.17, 15) is 18.0 Å². The highest BCUT2D eigenvalue weighted by atomic mass is 19.4. The Hall–Kier alpha value is -4.31. The molecule has 2 heterocycles. The lowest BCUT2D eigenvalue weighted by Gasteiger charge is -2.27. The van der Waals surface area contributed by atoms with E-state index in [2.05, 4.69) is 15.2 Å². The van der Waals surface area contributed by atoms with Gasteiger partial charge in [-0.3, -0.25) is 9.79 Å². The number of hydrogen-bond donors (Lipinski definition) is 1. The molecule has 212 valence electrons. The first-order valence-corrected chi connectivity index (χ1v) is 13.3. The number of halogens is 3. The van der Waals surface area contributed by atoms with E-state index >= 15 is 0 Å². The molecule has 1 amide bonds. The van der Waals surface area contributed by atoms with Gasteiger partial charge in [0.15, 0.2) is 0 Å². The van der Waals surface area contributed by atoms with Crippen molar-refractivity contribution in [3.05, 3.63) is 95.4 Å². The van der Waals surface area contributed by atoms with Gasteiger partial charge < -0.3 is 15.1 Å². The third kappa shape index (κ3) is 6.07. The molecule has 0 spiro atoms. The molecule has 1 fully saturated rings. The molecule has 2 atom stereocenters. The number of rotatable bonds is 7. The van der Waals surface area contributed by atoms with Crippen LogP contribution in [0.5, 0.6) is 0 Å². The summed E-state index contributed by atoms with van der Waals surface area (Å²) in [6.45, 7) is 1.81. The normalized spacial score (nSPS) is 17.2. The second kappa shape index (κ2) is 11.3. The van der Waals surface area contributed by atoms with Gasteiger partial charge >= 0.3 is 6.18 Å². The number of amides is 1. The number of benzene rings is 3. The zero-order chi connectivity index (χ0) is 29.2. The highest BCUT2D eigenvalue weighted by Gasteiger charge is 2.48. The fraction of sp³-hybridized carbons (Fsp3) is 0.290. The predicted octanol–water partition coefficient (Wildman–Crippen LogP) is 6.04. The molecule has 0 radical (unpaired) electrons. The molecule has 1 aliphatic heterocycles. The van der Waals surface area contributed by atoms with Crippen LogP contribution in [0.3, 0.4) is 0 Å². The quantitative estimate of drug-likeness (QED) is 0.278. The van der Waals surface area contributed by atoms with Gasteiger partial charge in [-0.15, -0.1) is 10.2 Å². The molecule has 4 aromatic rings. The summed E-state index contributed by atoms with van der Waals surface area (Å²) >= 11 is 0. The molecule has 0 saturated carbocycles. The molecule has 1 unspecified atom stereocenters. The summed E-state index contributed by atoms with van der Waals surface area (Å²) in [6.07, 6.45) is -2.24. The van der Waals surface area contributed by atoms with Crippen LogP contribution < -0.4 is 5.73 Å². The second-order valence-corrected chi connectivity index (χ2v) is 10.5. The van der Waals surface area contributed by atoms with E-state index in [0.717, 1.165) is 21.6 Å². The van der Waals surface area contributed by atoms with Crippen LogP contribution >= 0.6 is 0 Å². The van der Waals surface area contributed by atoms with E-state index in [1.165, 1.54) is 6.07 Å². The topological polar surface area (TPSA) is 97.6 Å². The minimum Gasteiger partial charge on any atom is -0.419 e. The van der Waals surface area contributed by atoms with E-state index in [0.29, 0.717) is 17.5 Å². The summed E-state index contributed by atoms with van der Waals surface area (Å²) in [5.74, 6) is -0.400. The van der Waals surface area contributed by atoms with Gasteiger partial charge in [0.05, 0.1) is 5.54 Å². The molecule has 10 heteroatoms. The molecule has 0 aliphatic carbocycles. The first-order chi connectivity index (χ1) is 19.6. The van der Waals surface area contributed by atoms with Crippen molar-refractivity contribution in [3.63, 3.8) is 0 Å². The van der Waals surface area contributed by atoms with Gasteiger partial charge in [0, 0.05) is 36.5 Å². The van der Waals surface area contributed by atoms with E-state index in [4.69, 9.17) is 10.2 Å². The van der Waals surface area contributed by atoms with Crippen molar-refractivity contribution in [2.24, 2.45) is 10.7 Å². The van der Waals surface area contributed by atoms with Gasteiger partial charge in [-0.25, -0.2) is 0 Å². The van der Waals surface area contributed by atoms with Crippen LogP contribution in [0.25, 0.3) is 22.6 Å². The summed E-state index contributed by atoms with van der Waals surface area (Å²) in [5, 5.41) is 8.41. The SMILES string of the molecule is CN=Cc1ccccc1-c1cc(C(=O)N2CCCC2C(F)(F)F)cc(-c2nnc([C@@](C)(N)Cc3ccccc3)o2)c1. The standard InChI is InChI=1S/C31H30F3N5O2/c1-30(35,18-20-9-4-3-5-10-20)29-38-37-27(41-29)23-15-22(25-12-7-6-11-21(25)19-36-2)16-24(17-23)28(40)39-14-8-13-26(39)31(32,33)34/h3-7,9-12,15-17,19,26H,8,13-14,18,35H2,1-2H3/t26?,30-/m0/s1. The summed E-state index contributed by atoms with van der Waals surface area (Å²) in [7, 11) is 1.64. The molecule has 5 rings (SSSR count). The first-order valence-electron chi connectivity index (χ1n) is 13.3. The maximum absolute atomic E-state index is 13.7.